The first-order chi connectivity index (χ1) is 9.45. The molecule has 114 valence electrons. The van der Waals surface area contributed by atoms with Crippen LogP contribution in [0.2, 0.25) is 0 Å². The van der Waals surface area contributed by atoms with Crippen molar-refractivity contribution >= 4 is 11.3 Å². The molecule has 1 heterocycles. The molecule has 2 N–H and O–H groups in total. The molecule has 0 bridgehead atoms. The molecule has 1 aromatic rings. The molecule has 1 aromatic heterocycles. The van der Waals surface area contributed by atoms with E-state index in [2.05, 4.69) is 44.7 Å². The van der Waals surface area contributed by atoms with Crippen molar-refractivity contribution in [1.82, 2.24) is 4.90 Å². The Hall–Kier alpha value is -0.380. The molecule has 2 nitrogen and oxygen atoms in total. The Balaban J connectivity index is 2.10. The van der Waals surface area contributed by atoms with Crippen LogP contribution in [0.4, 0.5) is 0 Å². The van der Waals surface area contributed by atoms with E-state index in [4.69, 9.17) is 5.73 Å². The van der Waals surface area contributed by atoms with Gasteiger partial charge in [0, 0.05) is 22.8 Å². The summed E-state index contributed by atoms with van der Waals surface area (Å²) in [5.41, 5.74) is 6.34. The minimum atomic E-state index is 0.243. The quantitative estimate of drug-likeness (QED) is 0.853. The smallest absolute Gasteiger partial charge is 0.0564 e. The molecule has 0 radical (unpaired) electrons. The summed E-state index contributed by atoms with van der Waals surface area (Å²) in [7, 11) is 0. The molecular weight excluding hydrogens is 264 g/mol. The van der Waals surface area contributed by atoms with Gasteiger partial charge in [0.2, 0.25) is 0 Å². The van der Waals surface area contributed by atoms with Gasteiger partial charge in [-0.3, -0.25) is 4.90 Å². The Kier molecular flexibility index (Phi) is 5.27. The maximum Gasteiger partial charge on any atom is 0.0564 e. The van der Waals surface area contributed by atoms with Crippen LogP contribution in [0.5, 0.6) is 0 Å². The molecule has 0 spiro atoms. The fourth-order valence-electron chi connectivity index (χ4n) is 2.86. The summed E-state index contributed by atoms with van der Waals surface area (Å²) in [5, 5.41) is 0. The highest BCUT2D eigenvalue weighted by atomic mass is 32.1. The average molecular weight is 295 g/mol. The molecule has 1 fully saturated rings. The van der Waals surface area contributed by atoms with Crippen LogP contribution in [0, 0.1) is 5.92 Å². The van der Waals surface area contributed by atoms with E-state index < -0.39 is 0 Å². The van der Waals surface area contributed by atoms with Crippen molar-refractivity contribution in [2.45, 2.75) is 58.4 Å². The SMILES string of the molecule is CCN(CC1CCC1)C(CN)c1ccc(C(C)(C)C)s1. The van der Waals surface area contributed by atoms with E-state index in [9.17, 15) is 0 Å². The van der Waals surface area contributed by atoms with Gasteiger partial charge in [-0.25, -0.2) is 0 Å². The number of nitrogens with zero attached hydrogens (tertiary/aromatic N) is 1. The van der Waals surface area contributed by atoms with Gasteiger partial charge in [0.05, 0.1) is 6.04 Å². The summed E-state index contributed by atoms with van der Waals surface area (Å²) >= 11 is 1.95. The van der Waals surface area contributed by atoms with Gasteiger partial charge in [0.1, 0.15) is 0 Å². The lowest BCUT2D eigenvalue weighted by atomic mass is 9.85. The van der Waals surface area contributed by atoms with Crippen LogP contribution < -0.4 is 5.73 Å². The van der Waals surface area contributed by atoms with E-state index in [0.29, 0.717) is 6.04 Å². The molecule has 0 amide bonds. The standard InChI is InChI=1S/C17H30N2S/c1-5-19(12-13-7-6-8-13)14(11-18)15-9-10-16(20-15)17(2,3)4/h9-10,13-14H,5-8,11-12,18H2,1-4H3. The lowest BCUT2D eigenvalue weighted by molar-refractivity contribution is 0.143. The Morgan fingerprint density at radius 3 is 2.45 bits per heavy atom. The minimum Gasteiger partial charge on any atom is -0.329 e. The molecule has 1 unspecified atom stereocenters. The number of rotatable bonds is 6. The van der Waals surface area contributed by atoms with Gasteiger partial charge in [-0.15, -0.1) is 11.3 Å². The third kappa shape index (κ3) is 3.63. The predicted molar refractivity (Wildman–Crippen MR) is 89.4 cm³/mol. The number of nitrogens with two attached hydrogens (primary N) is 1. The monoisotopic (exact) mass is 294 g/mol. The maximum atomic E-state index is 6.10. The summed E-state index contributed by atoms with van der Waals surface area (Å²) < 4.78 is 0. The van der Waals surface area contributed by atoms with E-state index in [1.54, 1.807) is 0 Å². The van der Waals surface area contributed by atoms with Crippen LogP contribution in [-0.2, 0) is 5.41 Å². The van der Waals surface area contributed by atoms with Crippen molar-refractivity contribution in [3.63, 3.8) is 0 Å². The van der Waals surface area contributed by atoms with Crippen LogP contribution in [0.15, 0.2) is 12.1 Å². The Morgan fingerprint density at radius 2 is 2.05 bits per heavy atom. The van der Waals surface area contributed by atoms with Crippen molar-refractivity contribution < 1.29 is 0 Å². The fraction of sp³-hybridized carbons (Fsp3) is 0.765. The van der Waals surface area contributed by atoms with Crippen LogP contribution in [0.1, 0.15) is 62.8 Å². The normalized spacial score (nSPS) is 18.3. The summed E-state index contributed by atoms with van der Waals surface area (Å²) in [4.78, 5) is 5.49. The van der Waals surface area contributed by atoms with Crippen molar-refractivity contribution in [2.75, 3.05) is 19.6 Å². The zero-order chi connectivity index (χ0) is 14.8. The second-order valence-corrected chi connectivity index (χ2v) is 8.20. The van der Waals surface area contributed by atoms with Gasteiger partial charge in [0.15, 0.2) is 0 Å². The third-order valence-electron chi connectivity index (χ3n) is 4.48. The molecule has 0 saturated heterocycles. The first kappa shape index (κ1) is 16.0. The van der Waals surface area contributed by atoms with Crippen LogP contribution in [0.3, 0.4) is 0 Å². The molecular formula is C17H30N2S. The first-order valence-corrected chi connectivity index (χ1v) is 8.81. The van der Waals surface area contributed by atoms with Crippen molar-refractivity contribution in [3.8, 4) is 0 Å². The minimum absolute atomic E-state index is 0.243. The van der Waals surface area contributed by atoms with Crippen LogP contribution in [0.25, 0.3) is 0 Å². The number of thiophene rings is 1. The third-order valence-corrected chi connectivity index (χ3v) is 6.09. The van der Waals surface area contributed by atoms with Crippen LogP contribution >= 0.6 is 11.3 Å². The molecule has 0 aliphatic heterocycles. The average Bonchev–Trinajstić information content (AvgIpc) is 2.81. The highest BCUT2D eigenvalue weighted by molar-refractivity contribution is 7.12. The molecule has 1 aliphatic rings. The second-order valence-electron chi connectivity index (χ2n) is 7.09. The molecule has 1 aliphatic carbocycles. The van der Waals surface area contributed by atoms with E-state index in [1.165, 1.54) is 35.6 Å². The molecule has 20 heavy (non-hydrogen) atoms. The van der Waals surface area contributed by atoms with Crippen LogP contribution in [-0.4, -0.2) is 24.5 Å². The predicted octanol–water partition coefficient (Wildman–Crippen LogP) is 4.17. The zero-order valence-corrected chi connectivity index (χ0v) is 14.3. The summed E-state index contributed by atoms with van der Waals surface area (Å²) in [6.07, 6.45) is 4.24. The lowest BCUT2D eigenvalue weighted by Crippen LogP contribution is -2.38. The zero-order valence-electron chi connectivity index (χ0n) is 13.5. The number of hydrogen-bond acceptors (Lipinski definition) is 3. The van der Waals surface area contributed by atoms with Crippen molar-refractivity contribution in [3.05, 3.63) is 21.9 Å². The number of hydrogen-bond donors (Lipinski definition) is 1. The highest BCUT2D eigenvalue weighted by Crippen LogP contribution is 2.35. The van der Waals surface area contributed by atoms with Gasteiger partial charge in [-0.1, -0.05) is 34.1 Å². The van der Waals surface area contributed by atoms with E-state index in [-0.39, 0.29) is 5.41 Å². The highest BCUT2D eigenvalue weighted by Gasteiger charge is 2.26. The first-order valence-electron chi connectivity index (χ1n) is 8.00. The van der Waals surface area contributed by atoms with E-state index >= 15 is 0 Å². The molecule has 1 saturated carbocycles. The van der Waals surface area contributed by atoms with E-state index in [0.717, 1.165) is 19.0 Å². The van der Waals surface area contributed by atoms with Crippen molar-refractivity contribution in [2.24, 2.45) is 11.7 Å². The summed E-state index contributed by atoms with van der Waals surface area (Å²) in [6.45, 7) is 12.2. The van der Waals surface area contributed by atoms with Gasteiger partial charge in [0.25, 0.3) is 0 Å². The fourth-order valence-corrected chi connectivity index (χ4v) is 4.08. The summed E-state index contributed by atoms with van der Waals surface area (Å²) in [6, 6.07) is 4.99. The topological polar surface area (TPSA) is 29.3 Å². The van der Waals surface area contributed by atoms with Gasteiger partial charge in [-0.05, 0) is 42.9 Å². The Bertz CT molecular complexity index is 415. The number of likely N-dealkylation sites (N-methyl/N-ethyl adjacent to an activating group) is 1. The van der Waals surface area contributed by atoms with Crippen molar-refractivity contribution in [1.29, 1.82) is 0 Å². The molecule has 0 aromatic carbocycles. The second kappa shape index (κ2) is 6.59. The summed E-state index contributed by atoms with van der Waals surface area (Å²) in [5.74, 6) is 0.908. The Labute approximate surface area is 128 Å². The molecule has 3 heteroatoms. The van der Waals surface area contributed by atoms with Gasteiger partial charge < -0.3 is 5.73 Å². The Morgan fingerprint density at radius 1 is 1.35 bits per heavy atom. The van der Waals surface area contributed by atoms with Gasteiger partial charge >= 0.3 is 0 Å². The lowest BCUT2D eigenvalue weighted by Gasteiger charge is -2.36. The van der Waals surface area contributed by atoms with E-state index in [1.807, 2.05) is 11.3 Å². The molecule has 1 atom stereocenters. The largest absolute Gasteiger partial charge is 0.329 e. The maximum absolute atomic E-state index is 6.10. The molecule has 2 rings (SSSR count). The van der Waals surface area contributed by atoms with Gasteiger partial charge in [-0.2, -0.15) is 0 Å².